The number of rotatable bonds is 2. The van der Waals surface area contributed by atoms with Crippen LogP contribution in [0.4, 0.5) is 15.9 Å². The predicted molar refractivity (Wildman–Crippen MR) is 78.1 cm³/mol. The number of halogens is 3. The molecule has 2 aromatic heterocycles. The van der Waals surface area contributed by atoms with Crippen LogP contribution in [-0.2, 0) is 0 Å². The Morgan fingerprint density at radius 1 is 1.26 bits per heavy atom. The van der Waals surface area contributed by atoms with E-state index in [0.717, 1.165) is 5.69 Å². The summed E-state index contributed by atoms with van der Waals surface area (Å²) in [6.07, 6.45) is 5.33. The van der Waals surface area contributed by atoms with E-state index in [1.807, 2.05) is 16.8 Å². The van der Waals surface area contributed by atoms with Crippen molar-refractivity contribution in [2.45, 2.75) is 0 Å². The highest BCUT2D eigenvalue weighted by Crippen LogP contribution is 2.25. The number of nitrogens with zero attached hydrogens (tertiary/aromatic N) is 3. The number of anilines is 2. The fourth-order valence-electron chi connectivity index (χ4n) is 1.70. The number of imidazole rings is 1. The summed E-state index contributed by atoms with van der Waals surface area (Å²) in [5, 5.41) is 3.12. The Bertz CT molecular complexity index is 757. The molecular formula is C12H7Br2FN4. The molecule has 0 spiro atoms. The molecular weight excluding hydrogens is 379 g/mol. The molecule has 3 aromatic rings. The summed E-state index contributed by atoms with van der Waals surface area (Å²) in [5.74, 6) is 0.289. The molecule has 0 unspecified atom stereocenters. The Kier molecular flexibility index (Phi) is 3.24. The van der Waals surface area contributed by atoms with Crippen LogP contribution in [0, 0.1) is 5.82 Å². The zero-order valence-electron chi connectivity index (χ0n) is 9.44. The standard InChI is InChI=1S/C12H7Br2FN4/c13-8-5-7(1-2-9(8)15)17-11-12-16-3-4-19(12)6-10(14)18-11/h1-6H,(H,17,18). The molecule has 0 amide bonds. The van der Waals surface area contributed by atoms with Crippen molar-refractivity contribution in [2.75, 3.05) is 5.32 Å². The largest absolute Gasteiger partial charge is 0.337 e. The van der Waals surface area contributed by atoms with Gasteiger partial charge in [-0.05, 0) is 50.1 Å². The normalized spacial score (nSPS) is 10.9. The quantitative estimate of drug-likeness (QED) is 0.720. The van der Waals surface area contributed by atoms with Crippen LogP contribution >= 0.6 is 31.9 Å². The predicted octanol–water partition coefficient (Wildman–Crippen LogP) is 4.14. The van der Waals surface area contributed by atoms with Gasteiger partial charge in [0.2, 0.25) is 0 Å². The maximum atomic E-state index is 13.2. The molecule has 0 bridgehead atoms. The number of hydrogen-bond acceptors (Lipinski definition) is 3. The van der Waals surface area contributed by atoms with Crippen molar-refractivity contribution >= 4 is 49.0 Å². The maximum absolute atomic E-state index is 13.2. The van der Waals surface area contributed by atoms with Gasteiger partial charge in [-0.1, -0.05) is 0 Å². The lowest BCUT2D eigenvalue weighted by atomic mass is 10.3. The summed E-state index contributed by atoms with van der Waals surface area (Å²) in [4.78, 5) is 8.56. The van der Waals surface area contributed by atoms with E-state index < -0.39 is 0 Å². The van der Waals surface area contributed by atoms with Crippen LogP contribution < -0.4 is 5.32 Å². The van der Waals surface area contributed by atoms with Gasteiger partial charge in [0.15, 0.2) is 11.5 Å². The minimum Gasteiger partial charge on any atom is -0.337 e. The van der Waals surface area contributed by atoms with Crippen LogP contribution in [0.5, 0.6) is 0 Å². The smallest absolute Gasteiger partial charge is 0.180 e. The zero-order chi connectivity index (χ0) is 13.4. The van der Waals surface area contributed by atoms with E-state index in [9.17, 15) is 4.39 Å². The third kappa shape index (κ3) is 2.48. The molecule has 0 atom stereocenters. The lowest BCUT2D eigenvalue weighted by Crippen LogP contribution is -1.99. The first-order valence-electron chi connectivity index (χ1n) is 5.35. The molecule has 19 heavy (non-hydrogen) atoms. The van der Waals surface area contributed by atoms with Crippen molar-refractivity contribution < 1.29 is 4.39 Å². The van der Waals surface area contributed by atoms with Crippen molar-refractivity contribution in [1.82, 2.24) is 14.4 Å². The Balaban J connectivity index is 2.04. The molecule has 3 rings (SSSR count). The number of hydrogen-bond donors (Lipinski definition) is 1. The highest BCUT2D eigenvalue weighted by Gasteiger charge is 2.08. The third-order valence-corrected chi connectivity index (χ3v) is 3.52. The van der Waals surface area contributed by atoms with Crippen LogP contribution in [0.25, 0.3) is 5.65 Å². The first-order valence-corrected chi connectivity index (χ1v) is 6.93. The molecule has 0 aliphatic carbocycles. The third-order valence-electron chi connectivity index (χ3n) is 2.53. The molecule has 2 heterocycles. The molecule has 0 aliphatic rings. The second-order valence-corrected chi connectivity index (χ2v) is 5.49. The first-order chi connectivity index (χ1) is 9.13. The van der Waals surface area contributed by atoms with Gasteiger partial charge < -0.3 is 9.72 Å². The van der Waals surface area contributed by atoms with Crippen LogP contribution in [-0.4, -0.2) is 14.4 Å². The zero-order valence-corrected chi connectivity index (χ0v) is 12.6. The highest BCUT2D eigenvalue weighted by molar-refractivity contribution is 9.10. The molecule has 7 heteroatoms. The molecule has 1 aromatic carbocycles. The van der Waals surface area contributed by atoms with E-state index in [-0.39, 0.29) is 5.82 Å². The van der Waals surface area contributed by atoms with Crippen molar-refractivity contribution in [3.63, 3.8) is 0 Å². The van der Waals surface area contributed by atoms with Crippen molar-refractivity contribution in [2.24, 2.45) is 0 Å². The van der Waals surface area contributed by atoms with Crippen LogP contribution in [0.3, 0.4) is 0 Å². The molecule has 0 fully saturated rings. The summed E-state index contributed by atoms with van der Waals surface area (Å²) in [5.41, 5.74) is 1.42. The number of aromatic nitrogens is 3. The first kappa shape index (κ1) is 12.6. The van der Waals surface area contributed by atoms with Gasteiger partial charge in [0.05, 0.1) is 4.47 Å². The van der Waals surface area contributed by atoms with Crippen LogP contribution in [0.2, 0.25) is 0 Å². The van der Waals surface area contributed by atoms with Crippen molar-refractivity contribution in [3.8, 4) is 0 Å². The monoisotopic (exact) mass is 384 g/mol. The van der Waals surface area contributed by atoms with Gasteiger partial charge in [-0.2, -0.15) is 0 Å². The summed E-state index contributed by atoms with van der Waals surface area (Å²) in [7, 11) is 0. The van der Waals surface area contributed by atoms with Crippen LogP contribution in [0.15, 0.2) is 45.9 Å². The van der Waals surface area contributed by atoms with Crippen molar-refractivity contribution in [1.29, 1.82) is 0 Å². The Morgan fingerprint density at radius 2 is 2.11 bits per heavy atom. The fourth-order valence-corrected chi connectivity index (χ4v) is 2.47. The topological polar surface area (TPSA) is 42.2 Å². The minimum atomic E-state index is -0.307. The minimum absolute atomic E-state index is 0.307. The van der Waals surface area contributed by atoms with E-state index in [1.165, 1.54) is 6.07 Å². The average Bonchev–Trinajstić information content (AvgIpc) is 2.82. The molecule has 0 saturated heterocycles. The second-order valence-electron chi connectivity index (χ2n) is 3.82. The van der Waals surface area contributed by atoms with E-state index in [2.05, 4.69) is 47.1 Å². The second kappa shape index (κ2) is 4.90. The van der Waals surface area contributed by atoms with Crippen LogP contribution in [0.1, 0.15) is 0 Å². The number of fused-ring (bicyclic) bond motifs is 1. The maximum Gasteiger partial charge on any atom is 0.180 e. The molecule has 4 nitrogen and oxygen atoms in total. The SMILES string of the molecule is Fc1ccc(Nc2nc(Br)cn3ccnc23)cc1Br. The summed E-state index contributed by atoms with van der Waals surface area (Å²) < 4.78 is 16.1. The number of benzene rings is 1. The summed E-state index contributed by atoms with van der Waals surface area (Å²) >= 11 is 6.49. The van der Waals surface area contributed by atoms with E-state index in [4.69, 9.17) is 0 Å². The average molecular weight is 386 g/mol. The van der Waals surface area contributed by atoms with E-state index in [0.29, 0.717) is 20.5 Å². The van der Waals surface area contributed by atoms with E-state index in [1.54, 1.807) is 18.3 Å². The molecule has 0 saturated carbocycles. The van der Waals surface area contributed by atoms with E-state index >= 15 is 0 Å². The Morgan fingerprint density at radius 3 is 2.89 bits per heavy atom. The van der Waals surface area contributed by atoms with Gasteiger partial charge in [-0.3, -0.25) is 0 Å². The Hall–Kier alpha value is -1.47. The summed E-state index contributed by atoms with van der Waals surface area (Å²) in [6.45, 7) is 0. The fraction of sp³-hybridized carbons (Fsp3) is 0. The molecule has 96 valence electrons. The summed E-state index contributed by atoms with van der Waals surface area (Å²) in [6, 6.07) is 4.67. The van der Waals surface area contributed by atoms with Gasteiger partial charge in [0.25, 0.3) is 0 Å². The van der Waals surface area contributed by atoms with Gasteiger partial charge >= 0.3 is 0 Å². The Labute approximate surface area is 124 Å². The molecule has 1 N–H and O–H groups in total. The van der Waals surface area contributed by atoms with Gasteiger partial charge in [0.1, 0.15) is 10.4 Å². The van der Waals surface area contributed by atoms with Gasteiger partial charge in [-0.25, -0.2) is 14.4 Å². The molecule has 0 aliphatic heterocycles. The molecule has 0 radical (unpaired) electrons. The number of nitrogens with one attached hydrogen (secondary N) is 1. The highest BCUT2D eigenvalue weighted by atomic mass is 79.9. The lowest BCUT2D eigenvalue weighted by Gasteiger charge is -2.08. The lowest BCUT2D eigenvalue weighted by molar-refractivity contribution is 0.621. The van der Waals surface area contributed by atoms with Gasteiger partial charge in [0, 0.05) is 24.3 Å². The van der Waals surface area contributed by atoms with Gasteiger partial charge in [-0.15, -0.1) is 0 Å². The van der Waals surface area contributed by atoms with Crippen molar-refractivity contribution in [3.05, 3.63) is 51.7 Å².